The molecule has 3 rings (SSSR count). The van der Waals surface area contributed by atoms with E-state index in [1.165, 1.54) is 12.6 Å². The minimum Gasteiger partial charge on any atom is -0.481 e. The van der Waals surface area contributed by atoms with E-state index in [1.54, 1.807) is 11.4 Å². The number of nitrogens with one attached hydrogen (secondary N) is 1. The van der Waals surface area contributed by atoms with Crippen LogP contribution in [0.5, 0.6) is 0 Å². The third-order valence-electron chi connectivity index (χ3n) is 6.95. The van der Waals surface area contributed by atoms with E-state index in [0.717, 1.165) is 47.0 Å². The van der Waals surface area contributed by atoms with Gasteiger partial charge in [0.15, 0.2) is 0 Å². The molecule has 1 aromatic heterocycles. The summed E-state index contributed by atoms with van der Waals surface area (Å²) in [5, 5.41) is 24.5. The van der Waals surface area contributed by atoms with Gasteiger partial charge in [-0.25, -0.2) is 8.42 Å². The Hall–Kier alpha value is -2.77. The summed E-state index contributed by atoms with van der Waals surface area (Å²) < 4.78 is 69.1. The van der Waals surface area contributed by atoms with Crippen LogP contribution in [0.2, 0.25) is 0 Å². The first-order chi connectivity index (χ1) is 19.6. The zero-order valence-corrected chi connectivity index (χ0v) is 25.5. The summed E-state index contributed by atoms with van der Waals surface area (Å²) in [5.41, 5.74) is 0.317. The molecule has 42 heavy (non-hydrogen) atoms. The quantitative estimate of drug-likeness (QED) is 0.196. The van der Waals surface area contributed by atoms with E-state index in [1.807, 2.05) is 32.0 Å². The lowest BCUT2D eigenvalue weighted by atomic mass is 9.95. The lowest BCUT2D eigenvalue weighted by Crippen LogP contribution is -2.46. The van der Waals surface area contributed by atoms with Gasteiger partial charge in [-0.05, 0) is 85.9 Å². The molecule has 0 unspecified atom stereocenters. The number of aliphatic hydroxyl groups is 1. The fourth-order valence-corrected chi connectivity index (χ4v) is 6.80. The van der Waals surface area contributed by atoms with Crippen LogP contribution in [0.4, 0.5) is 13.2 Å². The monoisotopic (exact) mass is 626 g/mol. The molecule has 230 valence electrons. The van der Waals surface area contributed by atoms with Crippen LogP contribution in [0, 0.1) is 0 Å². The van der Waals surface area contributed by atoms with E-state index in [2.05, 4.69) is 17.4 Å². The highest BCUT2D eigenvalue weighted by Gasteiger charge is 2.34. The number of thiophene rings is 1. The fraction of sp³-hybridized carbons (Fsp3) is 0.433. The predicted molar refractivity (Wildman–Crippen MR) is 158 cm³/mol. The third-order valence-corrected chi connectivity index (χ3v) is 9.76. The number of likely N-dealkylation sites (N-methyl/N-ethyl adjacent to an activating group) is 1. The van der Waals surface area contributed by atoms with Crippen LogP contribution >= 0.6 is 11.3 Å². The minimum atomic E-state index is -4.81. The molecule has 0 bridgehead atoms. The molecule has 0 fully saturated rings. The molecule has 0 radical (unpaired) electrons. The number of benzene rings is 2. The van der Waals surface area contributed by atoms with Gasteiger partial charge < -0.3 is 15.5 Å². The average Bonchev–Trinajstić information content (AvgIpc) is 3.39. The number of aliphatic carboxylic acids is 1. The standard InChI is InChI=1S/C30H37F3N2O5S2/c1-29(2,14-7-10-21-8-5-4-6-9-21)34-19-25(36)20-35(3)42(39,40)26-17-23(16-24(18-26)30(31,32)33)28-22(13-15-41-28)11-12-27(37)38/h4-6,8-9,13,15-18,25,34,36H,7,10-12,14,19-20H2,1-3H3,(H,37,38)/t25-/m1/s1. The number of sulfonamides is 1. The maximum atomic E-state index is 13.8. The van der Waals surface area contributed by atoms with Crippen molar-refractivity contribution in [3.63, 3.8) is 0 Å². The van der Waals surface area contributed by atoms with Gasteiger partial charge in [0.05, 0.1) is 16.6 Å². The van der Waals surface area contributed by atoms with Gasteiger partial charge in [0.25, 0.3) is 0 Å². The van der Waals surface area contributed by atoms with Crippen LogP contribution in [-0.4, -0.2) is 60.7 Å². The Morgan fingerprint density at radius 1 is 1.07 bits per heavy atom. The molecule has 7 nitrogen and oxygen atoms in total. The van der Waals surface area contributed by atoms with E-state index in [-0.39, 0.29) is 37.0 Å². The molecule has 1 heterocycles. The van der Waals surface area contributed by atoms with Crippen molar-refractivity contribution in [2.24, 2.45) is 0 Å². The summed E-state index contributed by atoms with van der Waals surface area (Å²) in [6.45, 7) is 3.74. The number of alkyl halides is 3. The van der Waals surface area contributed by atoms with Crippen LogP contribution in [0.3, 0.4) is 0 Å². The van der Waals surface area contributed by atoms with Crippen molar-refractivity contribution in [3.05, 3.63) is 76.7 Å². The van der Waals surface area contributed by atoms with Crippen molar-refractivity contribution in [2.75, 3.05) is 20.1 Å². The van der Waals surface area contributed by atoms with Crippen molar-refractivity contribution in [1.29, 1.82) is 0 Å². The fourth-order valence-electron chi connectivity index (χ4n) is 4.57. The SMILES string of the molecule is CN(C[C@H](O)CNC(C)(C)CCCc1ccccc1)S(=O)(=O)c1cc(-c2sccc2CCC(=O)O)cc(C(F)(F)F)c1. The van der Waals surface area contributed by atoms with Gasteiger partial charge >= 0.3 is 12.1 Å². The molecule has 2 aromatic carbocycles. The van der Waals surface area contributed by atoms with E-state index >= 15 is 0 Å². The number of β-amino-alcohol motifs (C(OH)–C–C–N with tert-alkyl or cyclic N) is 1. The lowest BCUT2D eigenvalue weighted by Gasteiger charge is -2.29. The Kier molecular flexibility index (Phi) is 11.4. The highest BCUT2D eigenvalue weighted by Crippen LogP contribution is 2.38. The number of hydrogen-bond donors (Lipinski definition) is 3. The van der Waals surface area contributed by atoms with E-state index in [0.29, 0.717) is 16.5 Å². The number of hydrogen-bond acceptors (Lipinski definition) is 6. The number of carbonyl (C=O) groups is 1. The Morgan fingerprint density at radius 3 is 2.40 bits per heavy atom. The van der Waals surface area contributed by atoms with Crippen LogP contribution in [0.1, 0.15) is 49.8 Å². The zero-order valence-electron chi connectivity index (χ0n) is 23.8. The summed E-state index contributed by atoms with van der Waals surface area (Å²) in [6.07, 6.45) is -3.42. The molecule has 0 aliphatic rings. The van der Waals surface area contributed by atoms with Crippen LogP contribution in [0.25, 0.3) is 10.4 Å². The third kappa shape index (κ3) is 9.63. The van der Waals surface area contributed by atoms with Gasteiger partial charge in [-0.1, -0.05) is 30.3 Å². The molecule has 0 saturated carbocycles. The number of halogens is 3. The normalized spacial score (nSPS) is 13.4. The second-order valence-corrected chi connectivity index (χ2v) is 13.9. The van der Waals surface area contributed by atoms with Crippen molar-refractivity contribution < 1.29 is 36.6 Å². The highest BCUT2D eigenvalue weighted by molar-refractivity contribution is 7.89. The van der Waals surface area contributed by atoms with Gasteiger partial charge in [0.2, 0.25) is 10.0 Å². The van der Waals surface area contributed by atoms with Crippen molar-refractivity contribution in [2.45, 2.75) is 68.7 Å². The van der Waals surface area contributed by atoms with Gasteiger partial charge in [-0.2, -0.15) is 17.5 Å². The summed E-state index contributed by atoms with van der Waals surface area (Å²) in [4.78, 5) is 10.8. The Balaban J connectivity index is 1.71. The molecule has 3 N–H and O–H groups in total. The Morgan fingerprint density at radius 2 is 1.76 bits per heavy atom. The van der Waals surface area contributed by atoms with Gasteiger partial charge in [-0.3, -0.25) is 4.79 Å². The average molecular weight is 627 g/mol. The van der Waals surface area contributed by atoms with Crippen molar-refractivity contribution in [1.82, 2.24) is 9.62 Å². The first-order valence-corrected chi connectivity index (χ1v) is 15.8. The Bertz CT molecular complexity index is 1440. The molecule has 12 heteroatoms. The second kappa shape index (κ2) is 14.1. The van der Waals surface area contributed by atoms with Gasteiger partial charge in [0.1, 0.15) is 0 Å². The molecule has 0 amide bonds. The molecule has 0 saturated heterocycles. The minimum absolute atomic E-state index is 0.0339. The van der Waals surface area contributed by atoms with Gasteiger partial charge in [0, 0.05) is 37.0 Å². The molecular formula is C30H37F3N2O5S2. The highest BCUT2D eigenvalue weighted by atomic mass is 32.2. The molecule has 0 aliphatic carbocycles. The van der Waals surface area contributed by atoms with E-state index in [4.69, 9.17) is 5.11 Å². The van der Waals surface area contributed by atoms with Crippen molar-refractivity contribution in [3.8, 4) is 10.4 Å². The van der Waals surface area contributed by atoms with E-state index in [9.17, 15) is 31.5 Å². The second-order valence-electron chi connectivity index (χ2n) is 11.0. The predicted octanol–water partition coefficient (Wildman–Crippen LogP) is 5.82. The largest absolute Gasteiger partial charge is 0.481 e. The molecule has 3 aromatic rings. The molecule has 1 atom stereocenters. The Labute approximate surface area is 249 Å². The van der Waals surface area contributed by atoms with Gasteiger partial charge in [-0.15, -0.1) is 11.3 Å². The number of aliphatic hydroxyl groups excluding tert-OH is 1. The molecular weight excluding hydrogens is 589 g/mol. The number of nitrogens with zero attached hydrogens (tertiary/aromatic N) is 1. The first kappa shape index (κ1) is 33.7. The van der Waals surface area contributed by atoms with Crippen LogP contribution < -0.4 is 5.32 Å². The van der Waals surface area contributed by atoms with E-state index < -0.39 is 38.7 Å². The lowest BCUT2D eigenvalue weighted by molar-refractivity contribution is -0.138. The molecule has 0 spiro atoms. The number of rotatable bonds is 15. The number of carboxylic acids is 1. The zero-order chi connectivity index (χ0) is 31.1. The smallest absolute Gasteiger partial charge is 0.416 e. The van der Waals surface area contributed by atoms with Crippen LogP contribution in [0.15, 0.2) is 64.9 Å². The van der Waals surface area contributed by atoms with Crippen LogP contribution in [-0.2, 0) is 33.8 Å². The maximum Gasteiger partial charge on any atom is 0.416 e. The molecule has 0 aliphatic heterocycles. The number of carboxylic acid groups (broad SMARTS) is 1. The maximum absolute atomic E-state index is 13.8. The summed E-state index contributed by atoms with van der Waals surface area (Å²) in [6, 6.07) is 14.3. The summed E-state index contributed by atoms with van der Waals surface area (Å²) in [7, 11) is -3.20. The van der Waals surface area contributed by atoms with Crippen molar-refractivity contribution >= 4 is 27.3 Å². The number of aryl methyl sites for hydroxylation is 2. The topological polar surface area (TPSA) is 107 Å². The summed E-state index contributed by atoms with van der Waals surface area (Å²) >= 11 is 1.11. The first-order valence-electron chi connectivity index (χ1n) is 13.5. The summed E-state index contributed by atoms with van der Waals surface area (Å²) in [5.74, 6) is -1.05.